The molecule has 5 rings (SSSR count). The largest absolute Gasteiger partial charge is 0.370 e. The summed E-state index contributed by atoms with van der Waals surface area (Å²) in [6.45, 7) is 6.03. The van der Waals surface area contributed by atoms with Gasteiger partial charge in [-0.3, -0.25) is 19.7 Å². The zero-order valence-corrected chi connectivity index (χ0v) is 25.2. The summed E-state index contributed by atoms with van der Waals surface area (Å²) in [5.74, 6) is 0.423. The first-order valence-corrected chi connectivity index (χ1v) is 15.0. The minimum atomic E-state index is -2.28. The number of piperidine rings is 1. The van der Waals surface area contributed by atoms with Gasteiger partial charge >= 0.3 is 0 Å². The SMILES string of the molecule is CNC(=O)c1ccnc2c(C(C)[C@H](C)CNc3cc(-c4ccc(CC5CCN(CC(F)F)CC5)nc4)ncn3)ccc(F)c12. The lowest BCUT2D eigenvalue weighted by molar-refractivity contribution is 0.0690. The number of alkyl halides is 2. The van der Waals surface area contributed by atoms with Gasteiger partial charge in [-0.1, -0.05) is 19.9 Å². The van der Waals surface area contributed by atoms with Gasteiger partial charge in [0.1, 0.15) is 18.0 Å². The van der Waals surface area contributed by atoms with Crippen LogP contribution in [0.25, 0.3) is 22.2 Å². The van der Waals surface area contributed by atoms with E-state index in [1.165, 1.54) is 31.7 Å². The molecule has 2 N–H and O–H groups in total. The highest BCUT2D eigenvalue weighted by atomic mass is 19.3. The van der Waals surface area contributed by atoms with Gasteiger partial charge in [0, 0.05) is 48.7 Å². The molecule has 1 saturated heterocycles. The number of rotatable bonds is 11. The number of aromatic nitrogens is 4. The van der Waals surface area contributed by atoms with Crippen molar-refractivity contribution in [2.75, 3.05) is 38.5 Å². The molecule has 3 aromatic heterocycles. The number of carbonyl (C=O) groups is 1. The van der Waals surface area contributed by atoms with Crippen molar-refractivity contribution in [2.24, 2.45) is 11.8 Å². The maximum Gasteiger partial charge on any atom is 0.251 e. The fourth-order valence-electron chi connectivity index (χ4n) is 5.86. The first kappa shape index (κ1) is 31.3. The van der Waals surface area contributed by atoms with E-state index in [1.807, 2.05) is 29.3 Å². The van der Waals surface area contributed by atoms with Gasteiger partial charge in [0.25, 0.3) is 12.3 Å². The van der Waals surface area contributed by atoms with Crippen molar-refractivity contribution in [3.05, 3.63) is 77.8 Å². The predicted octanol–water partition coefficient (Wildman–Crippen LogP) is 5.96. The smallest absolute Gasteiger partial charge is 0.251 e. The molecule has 1 aliphatic heterocycles. The van der Waals surface area contributed by atoms with Crippen molar-refractivity contribution >= 4 is 22.6 Å². The zero-order valence-electron chi connectivity index (χ0n) is 25.2. The van der Waals surface area contributed by atoms with Gasteiger partial charge in [0.15, 0.2) is 0 Å². The molecule has 232 valence electrons. The molecule has 1 fully saturated rings. The second-order valence-corrected chi connectivity index (χ2v) is 11.6. The van der Waals surface area contributed by atoms with Gasteiger partial charge in [-0.05, 0) is 79.9 Å². The van der Waals surface area contributed by atoms with Crippen LogP contribution in [0.1, 0.15) is 54.2 Å². The van der Waals surface area contributed by atoms with Gasteiger partial charge in [0.2, 0.25) is 0 Å². The summed E-state index contributed by atoms with van der Waals surface area (Å²) in [4.78, 5) is 32.1. The first-order valence-electron chi connectivity index (χ1n) is 15.0. The molecule has 1 unspecified atom stereocenters. The Bertz CT molecular complexity index is 1580. The van der Waals surface area contributed by atoms with E-state index >= 15 is 0 Å². The van der Waals surface area contributed by atoms with Crippen molar-refractivity contribution in [1.29, 1.82) is 0 Å². The van der Waals surface area contributed by atoms with Crippen LogP contribution in [0.15, 0.2) is 55.1 Å². The molecule has 0 spiro atoms. The number of amides is 1. The number of nitrogens with one attached hydrogen (secondary N) is 2. The lowest BCUT2D eigenvalue weighted by Crippen LogP contribution is -2.37. The minimum Gasteiger partial charge on any atom is -0.370 e. The van der Waals surface area contributed by atoms with Crippen molar-refractivity contribution in [1.82, 2.24) is 30.2 Å². The number of benzene rings is 1. The Morgan fingerprint density at radius 2 is 1.84 bits per heavy atom. The highest BCUT2D eigenvalue weighted by Crippen LogP contribution is 2.33. The molecule has 4 aromatic rings. The summed E-state index contributed by atoms with van der Waals surface area (Å²) in [6, 6.07) is 10.6. The second kappa shape index (κ2) is 14.1. The topological polar surface area (TPSA) is 95.9 Å². The number of hydrogen-bond acceptors (Lipinski definition) is 7. The van der Waals surface area contributed by atoms with Gasteiger partial charge in [0.05, 0.1) is 23.3 Å². The van der Waals surface area contributed by atoms with Crippen LogP contribution in [0, 0.1) is 17.7 Å². The van der Waals surface area contributed by atoms with Crippen molar-refractivity contribution in [3.63, 3.8) is 0 Å². The van der Waals surface area contributed by atoms with Crippen LogP contribution >= 0.6 is 0 Å². The van der Waals surface area contributed by atoms with Crippen LogP contribution in [0.4, 0.5) is 19.0 Å². The number of fused-ring (bicyclic) bond motifs is 1. The standard InChI is InChI=1S/C33H38F3N7O/c1-20(21(2)25-6-7-27(34)31-26(33(44)37-3)8-11-38-32(25)31)16-40-30-15-28(41-19-42-30)23-4-5-24(39-17-23)14-22-9-12-43(13-10-22)18-29(35)36/h4-8,11,15,17,19-22,29H,9-10,12-14,16,18H2,1-3H3,(H,37,44)(H,40,41,42)/t20-,21?/m1/s1. The molecule has 11 heteroatoms. The Morgan fingerprint density at radius 3 is 2.55 bits per heavy atom. The van der Waals surface area contributed by atoms with E-state index in [1.54, 1.807) is 6.07 Å². The van der Waals surface area contributed by atoms with E-state index in [2.05, 4.69) is 44.4 Å². The number of carbonyl (C=O) groups excluding carboxylic acids is 1. The molecule has 1 amide bonds. The number of hydrogen-bond donors (Lipinski definition) is 2. The maximum absolute atomic E-state index is 14.8. The number of halogens is 3. The molecule has 4 heterocycles. The molecule has 1 aromatic carbocycles. The Kier molecular flexibility index (Phi) is 10.0. The molecule has 0 bridgehead atoms. The van der Waals surface area contributed by atoms with Crippen molar-refractivity contribution < 1.29 is 18.0 Å². The van der Waals surface area contributed by atoms with Gasteiger partial charge in [-0.25, -0.2) is 23.1 Å². The van der Waals surface area contributed by atoms with E-state index in [4.69, 9.17) is 0 Å². The van der Waals surface area contributed by atoms with Gasteiger partial charge in [-0.15, -0.1) is 0 Å². The Balaban J connectivity index is 1.20. The summed E-state index contributed by atoms with van der Waals surface area (Å²) in [7, 11) is 1.52. The third kappa shape index (κ3) is 7.32. The fraction of sp³-hybridized carbons (Fsp3) is 0.424. The number of likely N-dealkylation sites (tertiary alicyclic amines) is 1. The number of nitrogens with zero attached hydrogens (tertiary/aromatic N) is 5. The van der Waals surface area contributed by atoms with Crippen LogP contribution in [0.5, 0.6) is 0 Å². The first-order chi connectivity index (χ1) is 21.2. The van der Waals surface area contributed by atoms with E-state index in [9.17, 15) is 18.0 Å². The van der Waals surface area contributed by atoms with Crippen LogP contribution in [-0.2, 0) is 6.42 Å². The molecule has 0 aliphatic carbocycles. The third-order valence-electron chi connectivity index (χ3n) is 8.68. The zero-order chi connectivity index (χ0) is 31.2. The molecular formula is C33H38F3N7O. The molecule has 0 saturated carbocycles. The lowest BCUT2D eigenvalue weighted by Gasteiger charge is -2.31. The van der Waals surface area contributed by atoms with Gasteiger partial charge < -0.3 is 10.6 Å². The normalized spacial score (nSPS) is 15.8. The van der Waals surface area contributed by atoms with Crippen LogP contribution in [0.3, 0.4) is 0 Å². The highest BCUT2D eigenvalue weighted by molar-refractivity contribution is 6.06. The van der Waals surface area contributed by atoms with Crippen LogP contribution in [-0.4, -0.2) is 70.4 Å². The quantitative estimate of drug-likeness (QED) is 0.218. The lowest BCUT2D eigenvalue weighted by atomic mass is 9.86. The van der Waals surface area contributed by atoms with Crippen LogP contribution in [0.2, 0.25) is 0 Å². The fourth-order valence-corrected chi connectivity index (χ4v) is 5.86. The molecule has 0 radical (unpaired) electrons. The Labute approximate surface area is 255 Å². The van der Waals surface area contributed by atoms with Crippen molar-refractivity contribution in [2.45, 2.75) is 45.5 Å². The van der Waals surface area contributed by atoms with E-state index in [-0.39, 0.29) is 35.2 Å². The maximum atomic E-state index is 14.8. The highest BCUT2D eigenvalue weighted by Gasteiger charge is 2.23. The summed E-state index contributed by atoms with van der Waals surface area (Å²) >= 11 is 0. The van der Waals surface area contributed by atoms with Gasteiger partial charge in [-0.2, -0.15) is 0 Å². The Morgan fingerprint density at radius 1 is 1.05 bits per heavy atom. The summed E-state index contributed by atoms with van der Waals surface area (Å²) in [6.07, 6.45) is 5.23. The molecule has 1 aliphatic rings. The minimum absolute atomic E-state index is 0.00707. The average molecular weight is 606 g/mol. The summed E-state index contributed by atoms with van der Waals surface area (Å²) in [5, 5.41) is 6.20. The van der Waals surface area contributed by atoms with Crippen LogP contribution < -0.4 is 10.6 Å². The van der Waals surface area contributed by atoms with E-state index in [0.717, 1.165) is 41.8 Å². The van der Waals surface area contributed by atoms with Crippen molar-refractivity contribution in [3.8, 4) is 11.3 Å². The molecule has 44 heavy (non-hydrogen) atoms. The summed E-state index contributed by atoms with van der Waals surface area (Å²) in [5.41, 5.74) is 4.24. The third-order valence-corrected chi connectivity index (χ3v) is 8.68. The molecular weight excluding hydrogens is 567 g/mol. The Hall–Kier alpha value is -4.12. The van der Waals surface area contributed by atoms with E-state index < -0.39 is 12.2 Å². The molecule has 2 atom stereocenters. The van der Waals surface area contributed by atoms with E-state index in [0.29, 0.717) is 36.9 Å². The number of pyridine rings is 2. The number of anilines is 1. The second-order valence-electron chi connectivity index (χ2n) is 11.6. The molecule has 8 nitrogen and oxygen atoms in total. The monoisotopic (exact) mass is 605 g/mol. The summed E-state index contributed by atoms with van der Waals surface area (Å²) < 4.78 is 40.1. The predicted molar refractivity (Wildman–Crippen MR) is 165 cm³/mol. The average Bonchev–Trinajstić information content (AvgIpc) is 3.04.